The van der Waals surface area contributed by atoms with Gasteiger partial charge in [0.2, 0.25) is 0 Å². The van der Waals surface area contributed by atoms with Crippen molar-refractivity contribution in [3.63, 3.8) is 0 Å². The van der Waals surface area contributed by atoms with E-state index in [-0.39, 0.29) is 0 Å². The van der Waals surface area contributed by atoms with E-state index in [9.17, 15) is 0 Å². The van der Waals surface area contributed by atoms with Crippen LogP contribution in [0.15, 0.2) is 23.2 Å². The van der Waals surface area contributed by atoms with E-state index in [4.69, 9.17) is 26.8 Å². The average molecular weight is 355 g/mol. The van der Waals surface area contributed by atoms with Gasteiger partial charge in [-0.15, -0.1) is 0 Å². The first kappa shape index (κ1) is 18.8. The number of rotatable bonds is 6. The first-order chi connectivity index (χ1) is 11.5. The Morgan fingerprint density at radius 2 is 2.12 bits per heavy atom. The molecule has 24 heavy (non-hydrogen) atoms. The SMILES string of the molecule is COc1ccc(NC(N)=NCCCN2CC(C)OC(C)C2)cc1Cl. The molecule has 1 aliphatic rings. The molecule has 0 bridgehead atoms. The molecule has 1 aromatic carbocycles. The molecule has 134 valence electrons. The maximum atomic E-state index is 6.09. The highest BCUT2D eigenvalue weighted by Crippen LogP contribution is 2.27. The summed E-state index contributed by atoms with van der Waals surface area (Å²) in [5, 5.41) is 3.57. The third-order valence-corrected chi connectivity index (χ3v) is 4.13. The fraction of sp³-hybridized carbons (Fsp3) is 0.588. The van der Waals surface area contributed by atoms with Gasteiger partial charge in [0.15, 0.2) is 5.96 Å². The molecule has 0 spiro atoms. The van der Waals surface area contributed by atoms with Gasteiger partial charge in [-0.1, -0.05) is 11.6 Å². The highest BCUT2D eigenvalue weighted by Gasteiger charge is 2.21. The van der Waals surface area contributed by atoms with Gasteiger partial charge >= 0.3 is 0 Å². The molecule has 0 amide bonds. The molecule has 2 rings (SSSR count). The van der Waals surface area contributed by atoms with Gasteiger partial charge in [-0.3, -0.25) is 9.89 Å². The monoisotopic (exact) mass is 354 g/mol. The fourth-order valence-corrected chi connectivity index (χ4v) is 3.15. The molecule has 0 saturated carbocycles. The van der Waals surface area contributed by atoms with Crippen molar-refractivity contribution in [3.05, 3.63) is 23.2 Å². The number of benzene rings is 1. The van der Waals surface area contributed by atoms with Crippen LogP contribution in [0, 0.1) is 0 Å². The zero-order valence-electron chi connectivity index (χ0n) is 14.6. The van der Waals surface area contributed by atoms with Crippen LogP contribution in [0.1, 0.15) is 20.3 Å². The molecule has 2 atom stereocenters. The van der Waals surface area contributed by atoms with Crippen LogP contribution in [0.2, 0.25) is 5.02 Å². The van der Waals surface area contributed by atoms with Gasteiger partial charge in [0.1, 0.15) is 5.75 Å². The van der Waals surface area contributed by atoms with E-state index in [1.54, 1.807) is 19.2 Å². The highest BCUT2D eigenvalue weighted by molar-refractivity contribution is 6.32. The number of morpholine rings is 1. The lowest BCUT2D eigenvalue weighted by Gasteiger charge is -2.35. The van der Waals surface area contributed by atoms with Crippen molar-refractivity contribution in [2.75, 3.05) is 38.6 Å². The van der Waals surface area contributed by atoms with Crippen LogP contribution in [0.25, 0.3) is 0 Å². The molecule has 1 saturated heterocycles. The van der Waals surface area contributed by atoms with Crippen LogP contribution >= 0.6 is 11.6 Å². The van der Waals surface area contributed by atoms with E-state index in [1.165, 1.54) is 0 Å². The van der Waals surface area contributed by atoms with Crippen molar-refractivity contribution >= 4 is 23.2 Å². The summed E-state index contributed by atoms with van der Waals surface area (Å²) in [6, 6.07) is 5.40. The quantitative estimate of drug-likeness (QED) is 0.466. The van der Waals surface area contributed by atoms with Crippen molar-refractivity contribution in [2.45, 2.75) is 32.5 Å². The topological polar surface area (TPSA) is 72.1 Å². The van der Waals surface area contributed by atoms with Crippen molar-refractivity contribution in [2.24, 2.45) is 10.7 Å². The first-order valence-electron chi connectivity index (χ1n) is 8.26. The molecular weight excluding hydrogens is 328 g/mol. The summed E-state index contributed by atoms with van der Waals surface area (Å²) >= 11 is 6.09. The molecule has 1 fully saturated rings. The van der Waals surface area contributed by atoms with Crippen LogP contribution in [-0.2, 0) is 4.74 Å². The number of halogens is 1. The minimum absolute atomic E-state index is 0.295. The summed E-state index contributed by atoms with van der Waals surface area (Å²) in [6.07, 6.45) is 1.55. The normalized spacial score (nSPS) is 22.4. The second-order valence-corrected chi connectivity index (χ2v) is 6.52. The lowest BCUT2D eigenvalue weighted by atomic mass is 10.2. The number of ether oxygens (including phenoxy) is 2. The second-order valence-electron chi connectivity index (χ2n) is 6.11. The first-order valence-corrected chi connectivity index (χ1v) is 8.64. The van der Waals surface area contributed by atoms with Gasteiger partial charge < -0.3 is 20.5 Å². The summed E-state index contributed by atoms with van der Waals surface area (Å²) in [6.45, 7) is 7.87. The number of nitrogens with two attached hydrogens (primary N) is 1. The molecule has 1 aromatic rings. The smallest absolute Gasteiger partial charge is 0.193 e. The van der Waals surface area contributed by atoms with E-state index in [0.29, 0.717) is 35.5 Å². The lowest BCUT2D eigenvalue weighted by molar-refractivity contribution is -0.0679. The summed E-state index contributed by atoms with van der Waals surface area (Å²) < 4.78 is 10.9. The number of methoxy groups -OCH3 is 1. The molecule has 3 N–H and O–H groups in total. The summed E-state index contributed by atoms with van der Waals surface area (Å²) in [7, 11) is 1.58. The summed E-state index contributed by atoms with van der Waals surface area (Å²) in [4.78, 5) is 6.78. The van der Waals surface area contributed by atoms with E-state index in [0.717, 1.165) is 31.7 Å². The van der Waals surface area contributed by atoms with E-state index in [2.05, 4.69) is 29.1 Å². The third-order valence-electron chi connectivity index (χ3n) is 3.83. The Kier molecular flexibility index (Phi) is 7.15. The van der Waals surface area contributed by atoms with Crippen molar-refractivity contribution in [3.8, 4) is 5.75 Å². The molecule has 0 aliphatic carbocycles. The Bertz CT molecular complexity index is 558. The van der Waals surface area contributed by atoms with Crippen LogP contribution in [0.5, 0.6) is 5.75 Å². The number of hydrogen-bond donors (Lipinski definition) is 2. The minimum atomic E-state index is 0.295. The zero-order valence-corrected chi connectivity index (χ0v) is 15.3. The third kappa shape index (κ3) is 5.85. The predicted molar refractivity (Wildman–Crippen MR) is 99.2 cm³/mol. The van der Waals surface area contributed by atoms with Crippen LogP contribution < -0.4 is 15.8 Å². The maximum Gasteiger partial charge on any atom is 0.193 e. The van der Waals surface area contributed by atoms with Gasteiger partial charge in [0.25, 0.3) is 0 Å². The highest BCUT2D eigenvalue weighted by atomic mass is 35.5. The Balaban J connectivity index is 1.74. The number of aliphatic imine (C=N–C) groups is 1. The fourth-order valence-electron chi connectivity index (χ4n) is 2.89. The standard InChI is InChI=1S/C17H27ClN4O2/c1-12-10-22(11-13(2)24-12)8-4-7-20-17(19)21-14-5-6-16(23-3)15(18)9-14/h5-6,9,12-13H,4,7-8,10-11H2,1-3H3,(H3,19,20,21). The van der Waals surface area contributed by atoms with Gasteiger partial charge in [-0.05, 0) is 38.5 Å². The van der Waals surface area contributed by atoms with Crippen molar-refractivity contribution in [1.29, 1.82) is 0 Å². The molecule has 6 nitrogen and oxygen atoms in total. The minimum Gasteiger partial charge on any atom is -0.495 e. The summed E-state index contributed by atoms with van der Waals surface area (Å²) in [5.74, 6) is 1.02. The predicted octanol–water partition coefficient (Wildman–Crippen LogP) is 2.57. The number of nitrogens with zero attached hydrogens (tertiary/aromatic N) is 2. The van der Waals surface area contributed by atoms with E-state index in [1.807, 2.05) is 6.07 Å². The van der Waals surface area contributed by atoms with Gasteiger partial charge in [0, 0.05) is 31.9 Å². The summed E-state index contributed by atoms with van der Waals surface area (Å²) in [5.41, 5.74) is 6.71. The molecule has 0 radical (unpaired) electrons. The van der Waals surface area contributed by atoms with E-state index >= 15 is 0 Å². The molecular formula is C17H27ClN4O2. The molecule has 1 aliphatic heterocycles. The Hall–Kier alpha value is -1.50. The number of nitrogens with one attached hydrogen (secondary N) is 1. The lowest BCUT2D eigenvalue weighted by Crippen LogP contribution is -2.45. The van der Waals surface area contributed by atoms with Gasteiger partial charge in [-0.25, -0.2) is 0 Å². The number of guanidine groups is 1. The van der Waals surface area contributed by atoms with Crippen molar-refractivity contribution in [1.82, 2.24) is 4.90 Å². The Morgan fingerprint density at radius 1 is 1.42 bits per heavy atom. The zero-order chi connectivity index (χ0) is 17.5. The second kappa shape index (κ2) is 9.11. The number of hydrogen-bond acceptors (Lipinski definition) is 4. The van der Waals surface area contributed by atoms with Gasteiger partial charge in [0.05, 0.1) is 24.3 Å². The molecule has 0 aromatic heterocycles. The van der Waals surface area contributed by atoms with Crippen LogP contribution in [-0.4, -0.2) is 56.4 Å². The largest absolute Gasteiger partial charge is 0.495 e. The van der Waals surface area contributed by atoms with Crippen molar-refractivity contribution < 1.29 is 9.47 Å². The van der Waals surface area contributed by atoms with Crippen LogP contribution in [0.3, 0.4) is 0 Å². The Labute approximate surface area is 149 Å². The maximum absolute atomic E-state index is 6.09. The molecule has 2 unspecified atom stereocenters. The van der Waals surface area contributed by atoms with Gasteiger partial charge in [-0.2, -0.15) is 0 Å². The van der Waals surface area contributed by atoms with E-state index < -0.39 is 0 Å². The average Bonchev–Trinajstić information content (AvgIpc) is 2.51. The number of anilines is 1. The molecule has 7 heteroatoms. The Morgan fingerprint density at radius 3 is 2.75 bits per heavy atom. The van der Waals surface area contributed by atoms with Crippen LogP contribution in [0.4, 0.5) is 5.69 Å². The molecule has 1 heterocycles.